The summed E-state index contributed by atoms with van der Waals surface area (Å²) >= 11 is 0. The molecule has 1 heterocycles. The molecule has 0 saturated heterocycles. The van der Waals surface area contributed by atoms with E-state index in [9.17, 15) is 4.79 Å². The van der Waals surface area contributed by atoms with Crippen molar-refractivity contribution in [3.05, 3.63) is 100 Å². The summed E-state index contributed by atoms with van der Waals surface area (Å²) < 4.78 is 5.39. The average molecular weight is 402 g/mol. The van der Waals surface area contributed by atoms with Crippen LogP contribution in [0.4, 0.5) is 0 Å². The fraction of sp³-hybridized carbons (Fsp3) is 0.269. The molecule has 0 fully saturated rings. The number of methoxy groups -OCH3 is 1. The van der Waals surface area contributed by atoms with Crippen molar-refractivity contribution >= 4 is 5.97 Å². The normalized spacial score (nSPS) is 14.3. The Bertz CT molecular complexity index is 1040. The number of carbonyl (C=O) groups is 1. The largest absolute Gasteiger partial charge is 0.497 e. The van der Waals surface area contributed by atoms with Gasteiger partial charge in [0.2, 0.25) is 0 Å². The van der Waals surface area contributed by atoms with Crippen LogP contribution in [0, 0.1) is 0 Å². The first-order valence-corrected chi connectivity index (χ1v) is 10.3. The van der Waals surface area contributed by atoms with E-state index in [1.807, 2.05) is 18.2 Å². The second-order valence-electron chi connectivity index (χ2n) is 7.91. The van der Waals surface area contributed by atoms with Crippen LogP contribution in [0.1, 0.15) is 51.1 Å². The van der Waals surface area contributed by atoms with Gasteiger partial charge in [-0.1, -0.05) is 42.5 Å². The Morgan fingerprint density at radius 2 is 1.80 bits per heavy atom. The Balaban J connectivity index is 1.46. The van der Waals surface area contributed by atoms with Gasteiger partial charge in [-0.2, -0.15) is 0 Å². The second-order valence-corrected chi connectivity index (χ2v) is 7.91. The highest BCUT2D eigenvalue weighted by Gasteiger charge is 2.26. The first kappa shape index (κ1) is 20.2. The number of carboxylic acids is 1. The van der Waals surface area contributed by atoms with Crippen molar-refractivity contribution < 1.29 is 14.6 Å². The maximum absolute atomic E-state index is 11.0. The zero-order chi connectivity index (χ0) is 21.1. The molecule has 0 radical (unpaired) electrons. The molecule has 154 valence electrons. The van der Waals surface area contributed by atoms with E-state index in [1.165, 1.54) is 22.3 Å². The minimum Gasteiger partial charge on any atom is -0.497 e. The Morgan fingerprint density at radius 3 is 2.53 bits per heavy atom. The van der Waals surface area contributed by atoms with Gasteiger partial charge in [0, 0.05) is 19.1 Å². The number of hydrogen-bond donors (Lipinski definition) is 1. The number of aryl methyl sites for hydroxylation is 2. The van der Waals surface area contributed by atoms with Gasteiger partial charge in [-0.25, -0.2) is 4.79 Å². The molecule has 0 spiro atoms. The van der Waals surface area contributed by atoms with E-state index in [4.69, 9.17) is 9.84 Å². The molecule has 0 bridgehead atoms. The third kappa shape index (κ3) is 4.24. The van der Waals surface area contributed by atoms with Crippen LogP contribution in [0.15, 0.2) is 66.7 Å². The molecule has 1 N–H and O–H groups in total. The summed E-state index contributed by atoms with van der Waals surface area (Å²) in [4.78, 5) is 13.5. The first-order valence-electron chi connectivity index (χ1n) is 10.3. The number of aromatic carboxylic acids is 1. The Labute approximate surface area is 177 Å². The highest BCUT2D eigenvalue weighted by molar-refractivity contribution is 5.87. The van der Waals surface area contributed by atoms with Crippen molar-refractivity contribution in [2.24, 2.45) is 0 Å². The highest BCUT2D eigenvalue weighted by atomic mass is 16.5. The van der Waals surface area contributed by atoms with Crippen molar-refractivity contribution in [2.75, 3.05) is 7.11 Å². The summed E-state index contributed by atoms with van der Waals surface area (Å²) in [5, 5.41) is 9.06. The van der Waals surface area contributed by atoms with Crippen LogP contribution in [0.5, 0.6) is 5.75 Å². The number of nitrogens with zero attached hydrogens (tertiary/aromatic N) is 1. The van der Waals surface area contributed by atoms with Crippen molar-refractivity contribution in [2.45, 2.75) is 38.9 Å². The van der Waals surface area contributed by atoms with E-state index in [2.05, 4.69) is 48.2 Å². The third-order valence-corrected chi connectivity index (χ3v) is 6.11. The Morgan fingerprint density at radius 1 is 1.03 bits per heavy atom. The van der Waals surface area contributed by atoms with E-state index >= 15 is 0 Å². The van der Waals surface area contributed by atoms with Gasteiger partial charge >= 0.3 is 5.97 Å². The smallest absolute Gasteiger partial charge is 0.335 e. The van der Waals surface area contributed by atoms with Crippen molar-refractivity contribution in [1.29, 1.82) is 0 Å². The molecule has 4 nitrogen and oxygen atoms in total. The van der Waals surface area contributed by atoms with Crippen LogP contribution in [-0.2, 0) is 25.9 Å². The summed E-state index contributed by atoms with van der Waals surface area (Å²) in [6, 6.07) is 22.5. The number of carboxylic acid groups (broad SMARTS) is 1. The molecule has 1 aliphatic rings. The van der Waals surface area contributed by atoms with E-state index in [0.717, 1.165) is 37.2 Å². The lowest BCUT2D eigenvalue weighted by Crippen LogP contribution is -2.20. The maximum atomic E-state index is 11.0. The van der Waals surface area contributed by atoms with E-state index in [1.54, 1.807) is 19.2 Å². The predicted molar refractivity (Wildman–Crippen MR) is 118 cm³/mol. The SMILES string of the molecule is COc1cccc(C(C)N2Cc3cccc(CCc4ccc(C(=O)O)cc4)c3C2)c1. The predicted octanol–water partition coefficient (Wildman–Crippen LogP) is 5.26. The molecule has 1 atom stereocenters. The van der Waals surface area contributed by atoms with Crippen LogP contribution < -0.4 is 4.74 Å². The summed E-state index contributed by atoms with van der Waals surface area (Å²) in [5.74, 6) is 0.0124. The van der Waals surface area contributed by atoms with Crippen molar-refractivity contribution in [3.63, 3.8) is 0 Å². The van der Waals surface area contributed by atoms with Crippen LogP contribution in [0.2, 0.25) is 0 Å². The number of rotatable bonds is 7. The molecule has 4 rings (SSSR count). The quantitative estimate of drug-likeness (QED) is 0.587. The topological polar surface area (TPSA) is 49.8 Å². The first-order chi connectivity index (χ1) is 14.5. The zero-order valence-corrected chi connectivity index (χ0v) is 17.5. The lowest BCUT2D eigenvalue weighted by molar-refractivity contribution is 0.0697. The van der Waals surface area contributed by atoms with Crippen molar-refractivity contribution in [1.82, 2.24) is 4.90 Å². The number of ether oxygens (including phenoxy) is 1. The van der Waals surface area contributed by atoms with E-state index in [0.29, 0.717) is 11.6 Å². The van der Waals surface area contributed by atoms with Gasteiger partial charge in [-0.15, -0.1) is 0 Å². The number of hydrogen-bond acceptors (Lipinski definition) is 3. The van der Waals surface area contributed by atoms with Crippen molar-refractivity contribution in [3.8, 4) is 5.75 Å². The van der Waals surface area contributed by atoms with Crippen LogP contribution >= 0.6 is 0 Å². The van der Waals surface area contributed by atoms with Gasteiger partial charge in [0.15, 0.2) is 0 Å². The van der Waals surface area contributed by atoms with Gasteiger partial charge in [-0.3, -0.25) is 4.90 Å². The van der Waals surface area contributed by atoms with Crippen LogP contribution in [0.25, 0.3) is 0 Å². The molecule has 0 aromatic heterocycles. The summed E-state index contributed by atoms with van der Waals surface area (Å²) in [5.41, 5.74) is 6.99. The molecular weight excluding hydrogens is 374 g/mol. The van der Waals surface area contributed by atoms with Crippen LogP contribution in [0.3, 0.4) is 0 Å². The van der Waals surface area contributed by atoms with Gasteiger partial charge in [0.1, 0.15) is 5.75 Å². The molecule has 0 saturated carbocycles. The molecular formula is C26H27NO3. The molecule has 4 heteroatoms. The lowest BCUT2D eigenvalue weighted by atomic mass is 9.97. The second kappa shape index (κ2) is 8.72. The standard InChI is InChI=1S/C26H27NO3/c1-18(22-6-4-8-24(15-22)30-2)27-16-23-7-3-5-20(25(23)17-27)12-9-19-10-13-21(14-11-19)26(28)29/h3-8,10-11,13-15,18H,9,12,16-17H2,1-2H3,(H,28,29). The molecule has 30 heavy (non-hydrogen) atoms. The van der Waals surface area contributed by atoms with Gasteiger partial charge in [-0.05, 0) is 71.8 Å². The third-order valence-electron chi connectivity index (χ3n) is 6.11. The lowest BCUT2D eigenvalue weighted by Gasteiger charge is -2.24. The van der Waals surface area contributed by atoms with E-state index in [-0.39, 0.29) is 0 Å². The fourth-order valence-electron chi connectivity index (χ4n) is 4.23. The minimum atomic E-state index is -0.882. The average Bonchev–Trinajstić information content (AvgIpc) is 3.22. The maximum Gasteiger partial charge on any atom is 0.335 e. The van der Waals surface area contributed by atoms with E-state index < -0.39 is 5.97 Å². The summed E-state index contributed by atoms with van der Waals surface area (Å²) in [6.07, 6.45) is 1.86. The number of benzene rings is 3. The monoisotopic (exact) mass is 401 g/mol. The molecule has 3 aromatic rings. The highest BCUT2D eigenvalue weighted by Crippen LogP contribution is 2.34. The fourth-order valence-corrected chi connectivity index (χ4v) is 4.23. The molecule has 1 aliphatic heterocycles. The summed E-state index contributed by atoms with van der Waals surface area (Å²) in [7, 11) is 1.71. The van der Waals surface area contributed by atoms with Crippen LogP contribution in [-0.4, -0.2) is 23.1 Å². The summed E-state index contributed by atoms with van der Waals surface area (Å²) in [6.45, 7) is 4.15. The molecule has 3 aromatic carbocycles. The van der Waals surface area contributed by atoms with Gasteiger partial charge < -0.3 is 9.84 Å². The van der Waals surface area contributed by atoms with Gasteiger partial charge in [0.25, 0.3) is 0 Å². The minimum absolute atomic E-state index is 0.309. The van der Waals surface area contributed by atoms with Gasteiger partial charge in [0.05, 0.1) is 12.7 Å². The molecule has 0 amide bonds. The molecule has 1 unspecified atom stereocenters. The zero-order valence-electron chi connectivity index (χ0n) is 17.5. The number of fused-ring (bicyclic) bond motifs is 1. The molecule has 0 aliphatic carbocycles. The Hall–Kier alpha value is -3.11. The Kier molecular flexibility index (Phi) is 5.86.